The zero-order valence-corrected chi connectivity index (χ0v) is 9.53. The highest BCUT2D eigenvalue weighted by Gasteiger charge is 2.18. The van der Waals surface area contributed by atoms with Gasteiger partial charge in [-0.1, -0.05) is 0 Å². The van der Waals surface area contributed by atoms with Crippen molar-refractivity contribution in [2.24, 2.45) is 0 Å². The van der Waals surface area contributed by atoms with E-state index in [-0.39, 0.29) is 0 Å². The van der Waals surface area contributed by atoms with Crippen LogP contribution in [0.15, 0.2) is 18.3 Å². The molecule has 0 fully saturated rings. The lowest BCUT2D eigenvalue weighted by molar-refractivity contribution is 0.0845. The Morgan fingerprint density at radius 2 is 2.43 bits per heavy atom. The van der Waals surface area contributed by atoms with Crippen LogP contribution in [0.4, 0.5) is 0 Å². The second kappa shape index (κ2) is 5.44. The summed E-state index contributed by atoms with van der Waals surface area (Å²) in [6, 6.07) is 3.99. The molecule has 0 aliphatic carbocycles. The molecule has 1 atom stereocenters. The topological polar surface area (TPSA) is 48.0 Å². The Morgan fingerprint density at radius 3 is 3.00 bits per heavy atom. The molecule has 1 rings (SSSR count). The van der Waals surface area contributed by atoms with Crippen LogP contribution in [0, 0.1) is 0 Å². The predicted octanol–water partition coefficient (Wildman–Crippen LogP) is 1.22. The Bertz CT molecular complexity index is 247. The van der Waals surface area contributed by atoms with E-state index in [4.69, 9.17) is 0 Å². The third-order valence-electron chi connectivity index (χ3n) is 1.94. The van der Waals surface area contributed by atoms with Gasteiger partial charge in [-0.15, -0.1) is 0 Å². The zero-order chi connectivity index (χ0) is 10.4. The highest BCUT2D eigenvalue weighted by molar-refractivity contribution is 7.98. The molecule has 0 saturated carbocycles. The van der Waals surface area contributed by atoms with E-state index in [1.54, 1.807) is 11.8 Å². The fourth-order valence-corrected chi connectivity index (χ4v) is 2.03. The van der Waals surface area contributed by atoms with E-state index < -0.39 is 5.60 Å². The van der Waals surface area contributed by atoms with Gasteiger partial charge in [-0.05, 0) is 25.3 Å². The number of hydrogen-bond acceptors (Lipinski definition) is 3. The Hall–Kier alpha value is -0.450. The number of H-pyrrole nitrogens is 1. The maximum Gasteiger partial charge on any atom is 0.0833 e. The summed E-state index contributed by atoms with van der Waals surface area (Å²) in [6.45, 7) is 3.25. The first kappa shape index (κ1) is 11.6. The average Bonchev–Trinajstić information content (AvgIpc) is 2.56. The van der Waals surface area contributed by atoms with Gasteiger partial charge in [0.15, 0.2) is 0 Å². The zero-order valence-electron chi connectivity index (χ0n) is 8.71. The van der Waals surface area contributed by atoms with Crippen molar-refractivity contribution in [1.82, 2.24) is 10.3 Å². The maximum absolute atomic E-state index is 9.85. The van der Waals surface area contributed by atoms with Gasteiger partial charge in [0, 0.05) is 30.7 Å². The van der Waals surface area contributed by atoms with Crippen molar-refractivity contribution in [3.8, 4) is 0 Å². The lowest BCUT2D eigenvalue weighted by Crippen LogP contribution is -2.39. The average molecular weight is 214 g/mol. The van der Waals surface area contributed by atoms with Crippen LogP contribution >= 0.6 is 11.8 Å². The van der Waals surface area contributed by atoms with Crippen LogP contribution in [-0.4, -0.2) is 34.2 Å². The van der Waals surface area contributed by atoms with Crippen molar-refractivity contribution in [2.75, 3.05) is 18.6 Å². The van der Waals surface area contributed by atoms with Crippen molar-refractivity contribution in [3.05, 3.63) is 24.0 Å². The number of thioether (sulfide) groups is 1. The first-order chi connectivity index (χ1) is 6.64. The summed E-state index contributed by atoms with van der Waals surface area (Å²) < 4.78 is 0. The van der Waals surface area contributed by atoms with Crippen LogP contribution in [0.2, 0.25) is 0 Å². The molecule has 0 spiro atoms. The smallest absolute Gasteiger partial charge is 0.0833 e. The van der Waals surface area contributed by atoms with Gasteiger partial charge in [0.2, 0.25) is 0 Å². The summed E-state index contributed by atoms with van der Waals surface area (Å²) in [5, 5.41) is 13.1. The van der Waals surface area contributed by atoms with E-state index in [2.05, 4.69) is 10.3 Å². The maximum atomic E-state index is 9.85. The van der Waals surface area contributed by atoms with Gasteiger partial charge in [0.25, 0.3) is 0 Å². The van der Waals surface area contributed by atoms with Gasteiger partial charge >= 0.3 is 0 Å². The number of nitrogens with one attached hydrogen (secondary N) is 2. The highest BCUT2D eigenvalue weighted by Crippen LogP contribution is 2.09. The van der Waals surface area contributed by atoms with Crippen molar-refractivity contribution in [3.63, 3.8) is 0 Å². The first-order valence-electron chi connectivity index (χ1n) is 4.68. The molecule has 0 saturated heterocycles. The van der Waals surface area contributed by atoms with Crippen LogP contribution in [0.25, 0.3) is 0 Å². The van der Waals surface area contributed by atoms with Crippen LogP contribution in [0.5, 0.6) is 0 Å². The van der Waals surface area contributed by atoms with E-state index in [9.17, 15) is 5.11 Å². The summed E-state index contributed by atoms with van der Waals surface area (Å²) in [7, 11) is 0. The molecule has 0 amide bonds. The molecule has 4 heteroatoms. The second-order valence-electron chi connectivity index (χ2n) is 3.73. The quantitative estimate of drug-likeness (QED) is 0.667. The minimum Gasteiger partial charge on any atom is -0.388 e. The van der Waals surface area contributed by atoms with E-state index in [0.29, 0.717) is 6.54 Å². The molecule has 14 heavy (non-hydrogen) atoms. The van der Waals surface area contributed by atoms with Crippen LogP contribution in [0.3, 0.4) is 0 Å². The minimum atomic E-state index is -0.619. The molecule has 0 bridgehead atoms. The monoisotopic (exact) mass is 214 g/mol. The summed E-state index contributed by atoms with van der Waals surface area (Å²) in [5.74, 6) is 0.755. The number of rotatable bonds is 6. The normalized spacial score (nSPS) is 15.4. The van der Waals surface area contributed by atoms with Crippen molar-refractivity contribution in [1.29, 1.82) is 0 Å². The molecule has 1 aromatic rings. The van der Waals surface area contributed by atoms with Gasteiger partial charge < -0.3 is 15.4 Å². The standard InChI is InChI=1S/C10H18N2OS/c1-10(13,8-14-2)7-11-6-9-4-3-5-12-9/h3-5,11-13H,6-8H2,1-2H3. The molecule has 3 nitrogen and oxygen atoms in total. The van der Waals surface area contributed by atoms with Crippen molar-refractivity contribution in [2.45, 2.75) is 19.1 Å². The molecule has 0 aliphatic rings. The molecule has 1 unspecified atom stereocenters. The van der Waals surface area contributed by atoms with Crippen molar-refractivity contribution >= 4 is 11.8 Å². The molecule has 80 valence electrons. The van der Waals surface area contributed by atoms with Gasteiger partial charge in [0.1, 0.15) is 0 Å². The Labute approximate surface area is 89.3 Å². The number of aromatic nitrogens is 1. The third kappa shape index (κ3) is 4.17. The number of aliphatic hydroxyl groups is 1. The molecule has 0 aromatic carbocycles. The molecule has 0 radical (unpaired) electrons. The third-order valence-corrected chi connectivity index (χ3v) is 2.85. The fourth-order valence-electron chi connectivity index (χ4n) is 1.31. The van der Waals surface area contributed by atoms with E-state index in [1.165, 1.54) is 0 Å². The highest BCUT2D eigenvalue weighted by atomic mass is 32.2. The molecule has 3 N–H and O–H groups in total. The van der Waals surface area contributed by atoms with E-state index in [0.717, 1.165) is 18.0 Å². The predicted molar refractivity (Wildman–Crippen MR) is 61.5 cm³/mol. The molecule has 1 heterocycles. The molecule has 1 aromatic heterocycles. The molecular formula is C10H18N2OS. The largest absolute Gasteiger partial charge is 0.388 e. The number of aromatic amines is 1. The first-order valence-corrected chi connectivity index (χ1v) is 6.08. The minimum absolute atomic E-state index is 0.618. The summed E-state index contributed by atoms with van der Waals surface area (Å²) >= 11 is 1.66. The Balaban J connectivity index is 2.20. The van der Waals surface area contributed by atoms with Gasteiger partial charge in [0.05, 0.1) is 5.60 Å². The Morgan fingerprint density at radius 1 is 1.64 bits per heavy atom. The van der Waals surface area contributed by atoms with Gasteiger partial charge in [-0.2, -0.15) is 11.8 Å². The SMILES string of the molecule is CSCC(C)(O)CNCc1ccc[nH]1. The lowest BCUT2D eigenvalue weighted by Gasteiger charge is -2.22. The molecular weight excluding hydrogens is 196 g/mol. The van der Waals surface area contributed by atoms with Crippen LogP contribution in [0.1, 0.15) is 12.6 Å². The van der Waals surface area contributed by atoms with E-state index >= 15 is 0 Å². The lowest BCUT2D eigenvalue weighted by atomic mass is 10.1. The van der Waals surface area contributed by atoms with Gasteiger partial charge in [-0.3, -0.25) is 0 Å². The van der Waals surface area contributed by atoms with E-state index in [1.807, 2.05) is 31.5 Å². The van der Waals surface area contributed by atoms with Crippen LogP contribution < -0.4 is 5.32 Å². The number of hydrogen-bond donors (Lipinski definition) is 3. The summed E-state index contributed by atoms with van der Waals surface area (Å²) in [6.07, 6.45) is 3.90. The fraction of sp³-hybridized carbons (Fsp3) is 0.600. The molecule has 0 aliphatic heterocycles. The second-order valence-corrected chi connectivity index (χ2v) is 4.59. The van der Waals surface area contributed by atoms with Crippen LogP contribution in [-0.2, 0) is 6.54 Å². The van der Waals surface area contributed by atoms with Gasteiger partial charge in [-0.25, -0.2) is 0 Å². The Kier molecular flexibility index (Phi) is 4.51. The van der Waals surface area contributed by atoms with Crippen molar-refractivity contribution < 1.29 is 5.11 Å². The summed E-state index contributed by atoms with van der Waals surface area (Å²) in [5.41, 5.74) is 0.524. The summed E-state index contributed by atoms with van der Waals surface area (Å²) in [4.78, 5) is 3.11.